The molecule has 1 amide bonds. The number of carbonyl (C=O) groups is 1. The molecule has 1 fully saturated rings. The van der Waals surface area contributed by atoms with Crippen molar-refractivity contribution in [1.82, 2.24) is 4.90 Å². The van der Waals surface area contributed by atoms with Crippen LogP contribution in [0.5, 0.6) is 0 Å². The summed E-state index contributed by atoms with van der Waals surface area (Å²) in [5.41, 5.74) is 2.29. The third kappa shape index (κ3) is 4.32. The number of anilines is 1. The Bertz CT molecular complexity index is 814. The number of amides is 1. The van der Waals surface area contributed by atoms with Gasteiger partial charge in [-0.05, 0) is 55.3 Å². The maximum atomic E-state index is 12.7. The van der Waals surface area contributed by atoms with Crippen molar-refractivity contribution in [3.8, 4) is 6.07 Å². The number of nitriles is 1. The van der Waals surface area contributed by atoms with E-state index in [1.807, 2.05) is 12.1 Å². The Morgan fingerprint density at radius 1 is 1.24 bits per heavy atom. The predicted octanol–water partition coefficient (Wildman–Crippen LogP) is 4.47. The van der Waals surface area contributed by atoms with Crippen LogP contribution in [-0.2, 0) is 11.3 Å². The average molecular weight is 374 g/mol. The Kier molecular flexibility index (Phi) is 5.60. The lowest BCUT2D eigenvalue weighted by atomic mass is 10.1. The molecule has 1 unspecified atom stereocenters. The van der Waals surface area contributed by atoms with E-state index in [1.54, 1.807) is 30.3 Å². The second-order valence-corrected chi connectivity index (χ2v) is 6.89. The van der Waals surface area contributed by atoms with E-state index in [2.05, 4.69) is 16.3 Å². The van der Waals surface area contributed by atoms with Gasteiger partial charge in [0.25, 0.3) is 0 Å². The third-order valence-electron chi connectivity index (χ3n) is 4.32. The number of benzene rings is 2. The van der Waals surface area contributed by atoms with Crippen LogP contribution in [0, 0.1) is 11.3 Å². The largest absolute Gasteiger partial charge is 0.323 e. The van der Waals surface area contributed by atoms with Crippen LogP contribution in [0.2, 0.25) is 10.0 Å². The number of halogens is 2. The highest BCUT2D eigenvalue weighted by Crippen LogP contribution is 2.27. The van der Waals surface area contributed by atoms with Crippen molar-refractivity contribution in [3.63, 3.8) is 0 Å². The van der Waals surface area contributed by atoms with E-state index < -0.39 is 0 Å². The molecule has 0 saturated carbocycles. The molecule has 6 heteroatoms. The second-order valence-electron chi connectivity index (χ2n) is 6.05. The first-order valence-electron chi connectivity index (χ1n) is 8.06. The van der Waals surface area contributed by atoms with Gasteiger partial charge in [0.2, 0.25) is 5.91 Å². The SMILES string of the molecule is N#Cc1ccc(CN2CCCC2C(=O)Nc2ccc(Cl)cc2Cl)cc1. The lowest BCUT2D eigenvalue weighted by Gasteiger charge is -2.24. The normalized spacial score (nSPS) is 17.2. The van der Waals surface area contributed by atoms with E-state index in [4.69, 9.17) is 28.5 Å². The summed E-state index contributed by atoms with van der Waals surface area (Å²) in [6, 6.07) is 14.4. The summed E-state index contributed by atoms with van der Waals surface area (Å²) < 4.78 is 0. The number of hydrogen-bond donors (Lipinski definition) is 1. The summed E-state index contributed by atoms with van der Waals surface area (Å²) in [4.78, 5) is 14.8. The van der Waals surface area contributed by atoms with Gasteiger partial charge in [0.1, 0.15) is 0 Å². The number of carbonyl (C=O) groups excluding carboxylic acids is 1. The maximum Gasteiger partial charge on any atom is 0.241 e. The van der Waals surface area contributed by atoms with Gasteiger partial charge in [0, 0.05) is 11.6 Å². The van der Waals surface area contributed by atoms with E-state index in [9.17, 15) is 4.79 Å². The summed E-state index contributed by atoms with van der Waals surface area (Å²) in [5.74, 6) is -0.0598. The molecule has 25 heavy (non-hydrogen) atoms. The fraction of sp³-hybridized carbons (Fsp3) is 0.263. The first kappa shape index (κ1) is 17.8. The monoisotopic (exact) mass is 373 g/mol. The molecule has 1 aliphatic rings. The molecule has 2 aromatic carbocycles. The topological polar surface area (TPSA) is 56.1 Å². The molecule has 1 saturated heterocycles. The molecule has 4 nitrogen and oxygen atoms in total. The highest BCUT2D eigenvalue weighted by Gasteiger charge is 2.30. The minimum atomic E-state index is -0.192. The first-order valence-corrected chi connectivity index (χ1v) is 8.81. The minimum absolute atomic E-state index is 0.0598. The van der Waals surface area contributed by atoms with Gasteiger partial charge in [-0.25, -0.2) is 0 Å². The first-order chi connectivity index (χ1) is 12.1. The van der Waals surface area contributed by atoms with Crippen molar-refractivity contribution in [2.45, 2.75) is 25.4 Å². The van der Waals surface area contributed by atoms with Crippen molar-refractivity contribution < 1.29 is 4.79 Å². The smallest absolute Gasteiger partial charge is 0.241 e. The lowest BCUT2D eigenvalue weighted by molar-refractivity contribution is -0.120. The number of rotatable bonds is 4. The molecular weight excluding hydrogens is 357 g/mol. The van der Waals surface area contributed by atoms with Crippen molar-refractivity contribution >= 4 is 34.8 Å². The van der Waals surface area contributed by atoms with Crippen molar-refractivity contribution in [2.75, 3.05) is 11.9 Å². The van der Waals surface area contributed by atoms with E-state index in [0.717, 1.165) is 24.9 Å². The zero-order valence-electron chi connectivity index (χ0n) is 13.5. The molecule has 0 bridgehead atoms. The van der Waals surface area contributed by atoms with Gasteiger partial charge in [0.15, 0.2) is 0 Å². The molecule has 0 radical (unpaired) electrons. The molecule has 1 N–H and O–H groups in total. The number of nitrogens with zero attached hydrogens (tertiary/aromatic N) is 2. The highest BCUT2D eigenvalue weighted by molar-refractivity contribution is 6.36. The van der Waals surface area contributed by atoms with E-state index in [-0.39, 0.29) is 11.9 Å². The van der Waals surface area contributed by atoms with Gasteiger partial charge in [0.05, 0.1) is 28.4 Å². The van der Waals surface area contributed by atoms with Crippen LogP contribution >= 0.6 is 23.2 Å². The Morgan fingerprint density at radius 3 is 2.68 bits per heavy atom. The number of nitrogens with one attached hydrogen (secondary N) is 1. The van der Waals surface area contributed by atoms with Gasteiger partial charge in [-0.2, -0.15) is 5.26 Å². The fourth-order valence-corrected chi connectivity index (χ4v) is 3.49. The Hall–Kier alpha value is -2.06. The van der Waals surface area contributed by atoms with E-state index in [1.165, 1.54) is 0 Å². The highest BCUT2D eigenvalue weighted by atomic mass is 35.5. The maximum absolute atomic E-state index is 12.7. The minimum Gasteiger partial charge on any atom is -0.323 e. The van der Waals surface area contributed by atoms with Crippen LogP contribution in [0.4, 0.5) is 5.69 Å². The zero-order valence-corrected chi connectivity index (χ0v) is 15.0. The molecular formula is C19H17Cl2N3O. The third-order valence-corrected chi connectivity index (χ3v) is 4.87. The molecule has 1 atom stereocenters. The van der Waals surface area contributed by atoms with Gasteiger partial charge in [-0.3, -0.25) is 9.69 Å². The summed E-state index contributed by atoms with van der Waals surface area (Å²) in [6.45, 7) is 1.55. The lowest BCUT2D eigenvalue weighted by Crippen LogP contribution is -2.39. The summed E-state index contributed by atoms with van der Waals surface area (Å²) in [7, 11) is 0. The number of likely N-dealkylation sites (tertiary alicyclic amines) is 1. The van der Waals surface area contributed by atoms with Crippen LogP contribution in [0.3, 0.4) is 0 Å². The molecule has 2 aromatic rings. The van der Waals surface area contributed by atoms with Crippen molar-refractivity contribution in [2.24, 2.45) is 0 Å². The average Bonchev–Trinajstić information content (AvgIpc) is 3.06. The second kappa shape index (κ2) is 7.88. The Balaban J connectivity index is 1.67. The van der Waals surface area contributed by atoms with Gasteiger partial charge in [-0.1, -0.05) is 35.3 Å². The van der Waals surface area contributed by atoms with Crippen molar-refractivity contribution in [1.29, 1.82) is 5.26 Å². The molecule has 0 aliphatic carbocycles. The molecule has 128 valence electrons. The van der Waals surface area contributed by atoms with Gasteiger partial charge < -0.3 is 5.32 Å². The Labute approximate surface area is 157 Å². The number of hydrogen-bond acceptors (Lipinski definition) is 3. The van der Waals surface area contributed by atoms with Crippen LogP contribution in [-0.4, -0.2) is 23.4 Å². The molecule has 1 aliphatic heterocycles. The fourth-order valence-electron chi connectivity index (χ4n) is 3.04. The quantitative estimate of drug-likeness (QED) is 0.859. The predicted molar refractivity (Wildman–Crippen MR) is 99.7 cm³/mol. The van der Waals surface area contributed by atoms with Gasteiger partial charge >= 0.3 is 0 Å². The summed E-state index contributed by atoms with van der Waals surface area (Å²) in [6.07, 6.45) is 1.79. The van der Waals surface area contributed by atoms with Crippen LogP contribution in [0.15, 0.2) is 42.5 Å². The van der Waals surface area contributed by atoms with Crippen LogP contribution < -0.4 is 5.32 Å². The Morgan fingerprint density at radius 2 is 2.00 bits per heavy atom. The van der Waals surface area contributed by atoms with Gasteiger partial charge in [-0.15, -0.1) is 0 Å². The van der Waals surface area contributed by atoms with E-state index >= 15 is 0 Å². The van der Waals surface area contributed by atoms with Crippen molar-refractivity contribution in [3.05, 3.63) is 63.6 Å². The summed E-state index contributed by atoms with van der Waals surface area (Å²) in [5, 5.41) is 12.7. The van der Waals surface area contributed by atoms with Crippen LogP contribution in [0.1, 0.15) is 24.0 Å². The molecule has 0 spiro atoms. The van der Waals surface area contributed by atoms with Crippen LogP contribution in [0.25, 0.3) is 0 Å². The molecule has 3 rings (SSSR count). The molecule has 0 aromatic heterocycles. The summed E-state index contributed by atoms with van der Waals surface area (Å²) >= 11 is 12.0. The van der Waals surface area contributed by atoms with E-state index in [0.29, 0.717) is 27.8 Å². The zero-order chi connectivity index (χ0) is 17.8. The standard InChI is InChI=1S/C19H17Cl2N3O/c20-15-7-8-17(16(21)10-15)23-19(25)18-2-1-9-24(18)12-14-5-3-13(11-22)4-6-14/h3-8,10,18H,1-2,9,12H2,(H,23,25). The molecule has 1 heterocycles.